The summed E-state index contributed by atoms with van der Waals surface area (Å²) in [7, 11) is 0. The second kappa shape index (κ2) is 11.6. The number of ether oxygens (including phenoxy) is 1. The van der Waals surface area contributed by atoms with Crippen LogP contribution in [0.25, 0.3) is 10.9 Å². The summed E-state index contributed by atoms with van der Waals surface area (Å²) in [5, 5.41) is 6.70. The molecule has 1 saturated heterocycles. The molecular weight excluding hydrogens is 501 g/mol. The Labute approximate surface area is 207 Å². The van der Waals surface area contributed by atoms with Gasteiger partial charge < -0.3 is 20.3 Å². The van der Waals surface area contributed by atoms with Gasteiger partial charge in [-0.15, -0.1) is 0 Å². The molecular formula is C25H29BrFN5O2. The molecule has 1 aliphatic heterocycles. The number of hydrogen-bond acceptors (Lipinski definition) is 6. The maximum absolute atomic E-state index is 14.8. The summed E-state index contributed by atoms with van der Waals surface area (Å²) in [5.74, 6) is 0.345. The van der Waals surface area contributed by atoms with Crippen LogP contribution in [0, 0.1) is 0 Å². The predicted molar refractivity (Wildman–Crippen MR) is 137 cm³/mol. The highest BCUT2D eigenvalue weighted by Gasteiger charge is 2.22. The molecule has 2 N–H and O–H groups in total. The Morgan fingerprint density at radius 3 is 2.79 bits per heavy atom. The zero-order chi connectivity index (χ0) is 23.9. The van der Waals surface area contributed by atoms with E-state index in [4.69, 9.17) is 4.74 Å². The smallest absolute Gasteiger partial charge is 0.259 e. The van der Waals surface area contributed by atoms with Gasteiger partial charge in [-0.3, -0.25) is 4.79 Å². The van der Waals surface area contributed by atoms with Gasteiger partial charge in [0.1, 0.15) is 17.9 Å². The van der Waals surface area contributed by atoms with Gasteiger partial charge in [0, 0.05) is 34.6 Å². The van der Waals surface area contributed by atoms with E-state index in [9.17, 15) is 9.18 Å². The molecule has 0 radical (unpaired) electrons. The second-order valence-corrected chi connectivity index (χ2v) is 9.22. The summed E-state index contributed by atoms with van der Waals surface area (Å²) >= 11 is 3.47. The van der Waals surface area contributed by atoms with Crippen LogP contribution >= 0.6 is 15.9 Å². The van der Waals surface area contributed by atoms with E-state index in [1.807, 2.05) is 31.2 Å². The molecule has 34 heavy (non-hydrogen) atoms. The molecule has 1 amide bonds. The lowest BCUT2D eigenvalue weighted by molar-refractivity contribution is -0.121. The maximum Gasteiger partial charge on any atom is 0.259 e. The number of alkyl halides is 1. The molecule has 180 valence electrons. The zero-order valence-corrected chi connectivity index (χ0v) is 20.8. The Morgan fingerprint density at radius 2 is 2.03 bits per heavy atom. The molecule has 0 bridgehead atoms. The first-order chi connectivity index (χ1) is 16.5. The highest BCUT2D eigenvalue weighted by atomic mass is 79.9. The molecule has 1 unspecified atom stereocenters. The average molecular weight is 530 g/mol. The van der Waals surface area contributed by atoms with Crippen molar-refractivity contribution in [3.8, 4) is 5.75 Å². The molecule has 4 rings (SSSR count). The van der Waals surface area contributed by atoms with Gasteiger partial charge in [-0.25, -0.2) is 14.4 Å². The Hall–Kier alpha value is -2.78. The number of fused-ring (bicyclic) bond motifs is 1. The summed E-state index contributed by atoms with van der Waals surface area (Å²) < 4.78 is 21.4. The fraction of sp³-hybridized carbons (Fsp3) is 0.400. The van der Waals surface area contributed by atoms with E-state index >= 15 is 0 Å². The molecule has 2 aromatic carbocycles. The van der Waals surface area contributed by atoms with Crippen molar-refractivity contribution in [1.29, 1.82) is 0 Å². The van der Waals surface area contributed by atoms with E-state index in [-0.39, 0.29) is 6.42 Å². The van der Waals surface area contributed by atoms with Crippen molar-refractivity contribution in [2.45, 2.75) is 38.8 Å². The average Bonchev–Trinajstić information content (AvgIpc) is 2.84. The largest absolute Gasteiger partial charge is 0.492 e. The van der Waals surface area contributed by atoms with Gasteiger partial charge >= 0.3 is 0 Å². The molecule has 1 aromatic heterocycles. The van der Waals surface area contributed by atoms with Gasteiger partial charge in [0.25, 0.3) is 5.91 Å². The fourth-order valence-corrected chi connectivity index (χ4v) is 4.48. The Kier molecular flexibility index (Phi) is 8.29. The summed E-state index contributed by atoms with van der Waals surface area (Å²) in [6.07, 6.45) is 3.53. The van der Waals surface area contributed by atoms with Gasteiger partial charge in [0.15, 0.2) is 6.17 Å². The molecule has 2 heterocycles. The summed E-state index contributed by atoms with van der Waals surface area (Å²) in [6, 6.07) is 11.2. The number of piperidine rings is 1. The van der Waals surface area contributed by atoms with Crippen LogP contribution in [0.1, 0.15) is 32.6 Å². The summed E-state index contributed by atoms with van der Waals surface area (Å²) in [5.41, 5.74) is 1.89. The monoisotopic (exact) mass is 529 g/mol. The molecule has 3 aromatic rings. The van der Waals surface area contributed by atoms with E-state index in [2.05, 4.69) is 41.4 Å². The standard InChI is InChI=1S/C25H29BrFN5O2/c1-2-34-23-15-21-19(24(29-16-28-21)30-18-8-6-7-17(26)13-18)14-22(23)31-25(33)20(27)9-12-32-10-4-3-5-11-32/h6-8,13-16,20H,2-5,9-12H2,1H3,(H,31,33)(H,28,29,30). The number of carbonyl (C=O) groups excluding carboxylic acids is 1. The molecule has 9 heteroatoms. The highest BCUT2D eigenvalue weighted by Crippen LogP contribution is 2.34. The summed E-state index contributed by atoms with van der Waals surface area (Å²) in [4.78, 5) is 23.6. The lowest BCUT2D eigenvalue weighted by Crippen LogP contribution is -2.34. The molecule has 1 aliphatic rings. The molecule has 0 saturated carbocycles. The number of anilines is 3. The van der Waals surface area contributed by atoms with Crippen molar-refractivity contribution < 1.29 is 13.9 Å². The normalized spacial score (nSPS) is 15.1. The van der Waals surface area contributed by atoms with Gasteiger partial charge in [0.2, 0.25) is 0 Å². The highest BCUT2D eigenvalue weighted by molar-refractivity contribution is 9.10. The zero-order valence-electron chi connectivity index (χ0n) is 19.2. The lowest BCUT2D eigenvalue weighted by atomic mass is 10.1. The van der Waals surface area contributed by atoms with Crippen molar-refractivity contribution in [2.24, 2.45) is 0 Å². The molecule has 1 fully saturated rings. The number of amides is 1. The van der Waals surface area contributed by atoms with Gasteiger partial charge in [-0.05, 0) is 57.1 Å². The lowest BCUT2D eigenvalue weighted by Gasteiger charge is -2.26. The van der Waals surface area contributed by atoms with Crippen LogP contribution in [0.15, 0.2) is 47.2 Å². The Balaban J connectivity index is 1.54. The van der Waals surface area contributed by atoms with Crippen molar-refractivity contribution in [3.63, 3.8) is 0 Å². The minimum absolute atomic E-state index is 0.169. The van der Waals surface area contributed by atoms with Crippen LogP contribution in [-0.2, 0) is 4.79 Å². The number of likely N-dealkylation sites (tertiary alicyclic amines) is 1. The van der Waals surface area contributed by atoms with Crippen LogP contribution in [0.2, 0.25) is 0 Å². The summed E-state index contributed by atoms with van der Waals surface area (Å²) in [6.45, 7) is 4.78. The first-order valence-corrected chi connectivity index (χ1v) is 12.4. The SMILES string of the molecule is CCOc1cc2ncnc(Nc3cccc(Br)c3)c2cc1NC(=O)C(F)CCN1CCCCC1. The minimum Gasteiger partial charge on any atom is -0.492 e. The molecule has 0 spiro atoms. The number of rotatable bonds is 9. The van der Waals surface area contributed by atoms with Gasteiger partial charge in [-0.2, -0.15) is 0 Å². The van der Waals surface area contributed by atoms with E-state index < -0.39 is 12.1 Å². The van der Waals surface area contributed by atoms with Crippen LogP contribution < -0.4 is 15.4 Å². The molecule has 1 atom stereocenters. The number of halogens is 2. The number of nitrogens with zero attached hydrogens (tertiary/aromatic N) is 3. The third-order valence-corrected chi connectivity index (χ3v) is 6.31. The van der Waals surface area contributed by atoms with Crippen LogP contribution in [0.3, 0.4) is 0 Å². The van der Waals surface area contributed by atoms with Crippen LogP contribution in [0.4, 0.5) is 21.6 Å². The van der Waals surface area contributed by atoms with Gasteiger partial charge in [-0.1, -0.05) is 28.4 Å². The number of carbonyl (C=O) groups is 1. The second-order valence-electron chi connectivity index (χ2n) is 8.30. The van der Waals surface area contributed by atoms with Crippen molar-refractivity contribution in [1.82, 2.24) is 14.9 Å². The third-order valence-electron chi connectivity index (χ3n) is 5.81. The van der Waals surface area contributed by atoms with E-state index in [0.717, 1.165) is 36.1 Å². The number of benzene rings is 2. The number of nitrogens with one attached hydrogen (secondary N) is 2. The minimum atomic E-state index is -1.60. The topological polar surface area (TPSA) is 79.4 Å². The quantitative estimate of drug-likeness (QED) is 0.370. The van der Waals surface area contributed by atoms with Gasteiger partial charge in [0.05, 0.1) is 17.8 Å². The third kappa shape index (κ3) is 6.21. The van der Waals surface area contributed by atoms with E-state index in [1.54, 1.807) is 12.1 Å². The Bertz CT molecular complexity index is 1140. The predicted octanol–water partition coefficient (Wildman–Crippen LogP) is 5.69. The van der Waals surface area contributed by atoms with E-state index in [1.165, 1.54) is 12.7 Å². The van der Waals surface area contributed by atoms with Crippen LogP contribution in [0.5, 0.6) is 5.75 Å². The van der Waals surface area contributed by atoms with E-state index in [0.29, 0.717) is 41.3 Å². The first-order valence-electron chi connectivity index (χ1n) is 11.6. The first kappa shape index (κ1) is 24.3. The molecule has 0 aliphatic carbocycles. The van der Waals surface area contributed by atoms with Crippen molar-refractivity contribution >= 4 is 49.9 Å². The number of aromatic nitrogens is 2. The van der Waals surface area contributed by atoms with Crippen LogP contribution in [-0.4, -0.2) is 53.2 Å². The number of hydrogen-bond donors (Lipinski definition) is 2. The Morgan fingerprint density at radius 1 is 1.21 bits per heavy atom. The fourth-order valence-electron chi connectivity index (χ4n) is 4.08. The van der Waals surface area contributed by atoms with Crippen molar-refractivity contribution in [2.75, 3.05) is 36.9 Å². The maximum atomic E-state index is 14.8. The molecule has 7 nitrogen and oxygen atoms in total. The van der Waals surface area contributed by atoms with Crippen molar-refractivity contribution in [3.05, 3.63) is 47.2 Å².